The van der Waals surface area contributed by atoms with E-state index in [2.05, 4.69) is 19.7 Å². The van der Waals surface area contributed by atoms with Crippen LogP contribution in [0.15, 0.2) is 12.7 Å². The summed E-state index contributed by atoms with van der Waals surface area (Å²) in [4.78, 5) is 17.4. The number of methoxy groups -OCH3 is 1. The standard InChI is InChI=1S/C12H20N4O2/c1-18-12(17)3-2-6-15-7-4-11(5-8-15)16-10-13-9-14-16/h9-11H,2-8H2,1H3. The molecule has 6 heteroatoms. The highest BCUT2D eigenvalue weighted by Crippen LogP contribution is 2.21. The molecule has 0 unspecified atom stereocenters. The van der Waals surface area contributed by atoms with Gasteiger partial charge in [0.05, 0.1) is 13.2 Å². The fourth-order valence-electron chi connectivity index (χ4n) is 2.36. The smallest absolute Gasteiger partial charge is 0.305 e. The molecule has 0 atom stereocenters. The van der Waals surface area contributed by atoms with Gasteiger partial charge in [-0.3, -0.25) is 4.79 Å². The minimum Gasteiger partial charge on any atom is -0.469 e. The van der Waals surface area contributed by atoms with Gasteiger partial charge in [0.15, 0.2) is 0 Å². The van der Waals surface area contributed by atoms with Gasteiger partial charge in [0.1, 0.15) is 12.7 Å². The number of hydrogen-bond donors (Lipinski definition) is 0. The van der Waals surface area contributed by atoms with Crippen molar-refractivity contribution in [3.63, 3.8) is 0 Å². The SMILES string of the molecule is COC(=O)CCCN1CCC(n2cncn2)CC1. The number of aromatic nitrogens is 3. The van der Waals surface area contributed by atoms with Crippen molar-refractivity contribution in [2.75, 3.05) is 26.7 Å². The van der Waals surface area contributed by atoms with E-state index in [4.69, 9.17) is 0 Å². The molecular formula is C12H20N4O2. The van der Waals surface area contributed by atoms with Crippen LogP contribution in [0.5, 0.6) is 0 Å². The molecular weight excluding hydrogens is 232 g/mol. The molecule has 18 heavy (non-hydrogen) atoms. The lowest BCUT2D eigenvalue weighted by molar-refractivity contribution is -0.140. The predicted octanol–water partition coefficient (Wildman–Crippen LogP) is 0.868. The molecule has 0 spiro atoms. The van der Waals surface area contributed by atoms with Crippen LogP contribution in [0.1, 0.15) is 31.7 Å². The highest BCUT2D eigenvalue weighted by Gasteiger charge is 2.20. The van der Waals surface area contributed by atoms with E-state index < -0.39 is 0 Å². The van der Waals surface area contributed by atoms with E-state index in [1.54, 1.807) is 12.7 Å². The molecule has 1 aromatic heterocycles. The van der Waals surface area contributed by atoms with Gasteiger partial charge in [-0.1, -0.05) is 0 Å². The lowest BCUT2D eigenvalue weighted by atomic mass is 10.1. The molecule has 100 valence electrons. The summed E-state index contributed by atoms with van der Waals surface area (Å²) in [5, 5.41) is 4.19. The van der Waals surface area contributed by atoms with Gasteiger partial charge in [0.2, 0.25) is 0 Å². The van der Waals surface area contributed by atoms with E-state index >= 15 is 0 Å². The third-order valence-electron chi connectivity index (χ3n) is 3.45. The molecule has 0 aromatic carbocycles. The van der Waals surface area contributed by atoms with Crippen molar-refractivity contribution in [1.82, 2.24) is 19.7 Å². The lowest BCUT2D eigenvalue weighted by Crippen LogP contribution is -2.35. The number of carbonyl (C=O) groups excluding carboxylic acids is 1. The first-order valence-electron chi connectivity index (χ1n) is 6.43. The van der Waals surface area contributed by atoms with Gasteiger partial charge in [-0.2, -0.15) is 5.10 Å². The van der Waals surface area contributed by atoms with Gasteiger partial charge in [-0.15, -0.1) is 0 Å². The van der Waals surface area contributed by atoms with Crippen molar-refractivity contribution < 1.29 is 9.53 Å². The van der Waals surface area contributed by atoms with Crippen LogP contribution in [0.4, 0.5) is 0 Å². The summed E-state index contributed by atoms with van der Waals surface area (Å²) < 4.78 is 6.58. The van der Waals surface area contributed by atoms with Crippen molar-refractivity contribution in [1.29, 1.82) is 0 Å². The van der Waals surface area contributed by atoms with Gasteiger partial charge in [-0.25, -0.2) is 9.67 Å². The first-order chi connectivity index (χ1) is 8.79. The number of rotatable bonds is 5. The average Bonchev–Trinajstić information content (AvgIpc) is 2.93. The van der Waals surface area contributed by atoms with Crippen LogP contribution in [-0.4, -0.2) is 52.4 Å². The van der Waals surface area contributed by atoms with Gasteiger partial charge in [0.25, 0.3) is 0 Å². The second kappa shape index (κ2) is 6.49. The number of esters is 1. The molecule has 1 fully saturated rings. The molecule has 1 aliphatic heterocycles. The Morgan fingerprint density at radius 1 is 1.44 bits per heavy atom. The number of hydrogen-bond acceptors (Lipinski definition) is 5. The van der Waals surface area contributed by atoms with Crippen LogP contribution in [0.25, 0.3) is 0 Å². The van der Waals surface area contributed by atoms with Crippen molar-refractivity contribution in [3.05, 3.63) is 12.7 Å². The largest absolute Gasteiger partial charge is 0.469 e. The first kappa shape index (κ1) is 13.0. The van der Waals surface area contributed by atoms with Gasteiger partial charge in [0, 0.05) is 19.5 Å². The third kappa shape index (κ3) is 3.53. The van der Waals surface area contributed by atoms with Gasteiger partial charge < -0.3 is 9.64 Å². The highest BCUT2D eigenvalue weighted by atomic mass is 16.5. The Bertz CT molecular complexity index is 358. The zero-order chi connectivity index (χ0) is 12.8. The predicted molar refractivity (Wildman–Crippen MR) is 66.0 cm³/mol. The number of ether oxygens (including phenoxy) is 1. The monoisotopic (exact) mass is 252 g/mol. The highest BCUT2D eigenvalue weighted by molar-refractivity contribution is 5.69. The van der Waals surface area contributed by atoms with E-state index in [0.29, 0.717) is 12.5 Å². The van der Waals surface area contributed by atoms with Crippen LogP contribution in [0.2, 0.25) is 0 Å². The van der Waals surface area contributed by atoms with Crippen molar-refractivity contribution in [3.8, 4) is 0 Å². The fourth-order valence-corrected chi connectivity index (χ4v) is 2.36. The summed E-state index contributed by atoms with van der Waals surface area (Å²) in [5.41, 5.74) is 0. The summed E-state index contributed by atoms with van der Waals surface area (Å²) in [6.45, 7) is 3.09. The van der Waals surface area contributed by atoms with Crippen LogP contribution < -0.4 is 0 Å². The first-order valence-corrected chi connectivity index (χ1v) is 6.43. The molecule has 0 aliphatic carbocycles. The van der Waals surface area contributed by atoms with Crippen molar-refractivity contribution in [2.24, 2.45) is 0 Å². The number of likely N-dealkylation sites (tertiary alicyclic amines) is 1. The summed E-state index contributed by atoms with van der Waals surface area (Å²) >= 11 is 0. The third-order valence-corrected chi connectivity index (χ3v) is 3.45. The molecule has 0 bridgehead atoms. The fraction of sp³-hybridized carbons (Fsp3) is 0.750. The summed E-state index contributed by atoms with van der Waals surface area (Å²) in [6.07, 6.45) is 6.96. The minimum atomic E-state index is -0.118. The van der Waals surface area contributed by atoms with Crippen LogP contribution in [0.3, 0.4) is 0 Å². The molecule has 1 aromatic rings. The molecule has 1 saturated heterocycles. The topological polar surface area (TPSA) is 60.2 Å². The van der Waals surface area contributed by atoms with E-state index in [0.717, 1.165) is 38.9 Å². The van der Waals surface area contributed by atoms with Crippen LogP contribution in [0, 0.1) is 0 Å². The zero-order valence-corrected chi connectivity index (χ0v) is 10.8. The Kier molecular flexibility index (Phi) is 4.69. The molecule has 1 aliphatic rings. The van der Waals surface area contributed by atoms with Crippen LogP contribution in [-0.2, 0) is 9.53 Å². The van der Waals surface area contributed by atoms with Crippen LogP contribution >= 0.6 is 0 Å². The molecule has 6 nitrogen and oxygen atoms in total. The summed E-state index contributed by atoms with van der Waals surface area (Å²) in [6, 6.07) is 0.476. The Balaban J connectivity index is 1.66. The molecule has 2 heterocycles. The Morgan fingerprint density at radius 2 is 2.22 bits per heavy atom. The van der Waals surface area contributed by atoms with E-state index in [1.165, 1.54) is 7.11 Å². The number of piperidine rings is 1. The summed E-state index contributed by atoms with van der Waals surface area (Å²) in [7, 11) is 1.44. The average molecular weight is 252 g/mol. The molecule has 0 saturated carbocycles. The number of carbonyl (C=O) groups is 1. The quantitative estimate of drug-likeness (QED) is 0.728. The summed E-state index contributed by atoms with van der Waals surface area (Å²) in [5.74, 6) is -0.118. The molecule has 0 radical (unpaired) electrons. The van der Waals surface area contributed by atoms with E-state index in [9.17, 15) is 4.79 Å². The lowest BCUT2D eigenvalue weighted by Gasteiger charge is -2.31. The van der Waals surface area contributed by atoms with Gasteiger partial charge in [-0.05, 0) is 25.8 Å². The minimum absolute atomic E-state index is 0.118. The number of nitrogens with zero attached hydrogens (tertiary/aromatic N) is 4. The Hall–Kier alpha value is -1.43. The van der Waals surface area contributed by atoms with E-state index in [1.807, 2.05) is 4.68 Å². The second-order valence-corrected chi connectivity index (χ2v) is 4.63. The molecule has 2 rings (SSSR count). The Labute approximate surface area is 107 Å². The zero-order valence-electron chi connectivity index (χ0n) is 10.8. The molecule has 0 N–H and O–H groups in total. The molecule has 0 amide bonds. The normalized spacial score (nSPS) is 17.8. The maximum absolute atomic E-state index is 11.0. The van der Waals surface area contributed by atoms with Gasteiger partial charge >= 0.3 is 5.97 Å². The second-order valence-electron chi connectivity index (χ2n) is 4.63. The Morgan fingerprint density at radius 3 is 2.83 bits per heavy atom. The maximum Gasteiger partial charge on any atom is 0.305 e. The maximum atomic E-state index is 11.0. The van der Waals surface area contributed by atoms with E-state index in [-0.39, 0.29) is 5.97 Å². The van der Waals surface area contributed by atoms with Crippen molar-refractivity contribution >= 4 is 5.97 Å². The van der Waals surface area contributed by atoms with Crippen molar-refractivity contribution in [2.45, 2.75) is 31.7 Å².